The van der Waals surface area contributed by atoms with E-state index < -0.39 is 27.9 Å². The van der Waals surface area contributed by atoms with Crippen molar-refractivity contribution in [3.8, 4) is 0 Å². The second-order valence-corrected chi connectivity index (χ2v) is 8.38. The molecule has 8 heteroatoms. The van der Waals surface area contributed by atoms with E-state index in [4.69, 9.17) is 5.11 Å². The maximum Gasteiger partial charge on any atom is 0.326 e. The minimum atomic E-state index is -3.71. The highest BCUT2D eigenvalue weighted by Gasteiger charge is 2.26. The van der Waals surface area contributed by atoms with E-state index in [1.165, 1.54) is 24.3 Å². The maximum atomic E-state index is 12.5. The van der Waals surface area contributed by atoms with E-state index >= 15 is 0 Å². The normalized spacial score (nSPS) is 16.8. The summed E-state index contributed by atoms with van der Waals surface area (Å²) in [6.45, 7) is 3.37. The van der Waals surface area contributed by atoms with Crippen LogP contribution in [0.3, 0.4) is 0 Å². The molecular formula is C17H24N2O5S. The average Bonchev–Trinajstić information content (AvgIpc) is 3.04. The topological polar surface area (TPSA) is 113 Å². The van der Waals surface area contributed by atoms with Crippen LogP contribution in [0.2, 0.25) is 0 Å². The van der Waals surface area contributed by atoms with Gasteiger partial charge in [0, 0.05) is 11.6 Å². The lowest BCUT2D eigenvalue weighted by Gasteiger charge is -2.18. The van der Waals surface area contributed by atoms with Gasteiger partial charge < -0.3 is 10.4 Å². The van der Waals surface area contributed by atoms with Crippen LogP contribution in [-0.2, 0) is 14.8 Å². The Balaban J connectivity index is 2.17. The molecule has 0 heterocycles. The minimum Gasteiger partial charge on any atom is -0.480 e. The summed E-state index contributed by atoms with van der Waals surface area (Å²) >= 11 is 0. The molecule has 1 aliphatic rings. The van der Waals surface area contributed by atoms with Gasteiger partial charge in [-0.2, -0.15) is 0 Å². The number of nitrogens with one attached hydrogen (secondary N) is 2. The quantitative estimate of drug-likeness (QED) is 0.679. The van der Waals surface area contributed by atoms with Gasteiger partial charge >= 0.3 is 5.97 Å². The number of hydrogen-bond acceptors (Lipinski definition) is 4. The van der Waals surface area contributed by atoms with Gasteiger partial charge in [-0.05, 0) is 37.0 Å². The van der Waals surface area contributed by atoms with Crippen molar-refractivity contribution in [2.45, 2.75) is 56.5 Å². The Morgan fingerprint density at radius 1 is 1.20 bits per heavy atom. The molecule has 0 aromatic heterocycles. The second-order valence-electron chi connectivity index (χ2n) is 6.66. The highest BCUT2D eigenvalue weighted by molar-refractivity contribution is 7.89. The molecule has 25 heavy (non-hydrogen) atoms. The van der Waals surface area contributed by atoms with Crippen LogP contribution < -0.4 is 10.0 Å². The summed E-state index contributed by atoms with van der Waals surface area (Å²) in [5.41, 5.74) is 0.112. The number of carboxylic acid groups (broad SMARTS) is 1. The molecule has 2 rings (SSSR count). The molecule has 1 amide bonds. The fourth-order valence-corrected chi connectivity index (χ4v) is 4.22. The predicted molar refractivity (Wildman–Crippen MR) is 92.7 cm³/mol. The van der Waals surface area contributed by atoms with Gasteiger partial charge in [0.05, 0.1) is 4.90 Å². The summed E-state index contributed by atoms with van der Waals surface area (Å²) < 4.78 is 27.6. The molecule has 1 aliphatic carbocycles. The fraction of sp³-hybridized carbons (Fsp3) is 0.529. The summed E-state index contributed by atoms with van der Waals surface area (Å²) in [7, 11) is -3.71. The number of aliphatic carboxylic acids is 1. The maximum absolute atomic E-state index is 12.5. The van der Waals surface area contributed by atoms with Crippen LogP contribution in [0.1, 0.15) is 49.9 Å². The van der Waals surface area contributed by atoms with E-state index in [1.54, 1.807) is 13.8 Å². The van der Waals surface area contributed by atoms with Crippen LogP contribution >= 0.6 is 0 Å². The molecule has 1 aromatic carbocycles. The first-order chi connectivity index (χ1) is 11.7. The van der Waals surface area contributed by atoms with Crippen molar-refractivity contribution in [3.63, 3.8) is 0 Å². The molecule has 0 unspecified atom stereocenters. The predicted octanol–water partition coefficient (Wildman–Crippen LogP) is 1.75. The van der Waals surface area contributed by atoms with E-state index in [1.807, 2.05) is 0 Å². The molecule has 0 aliphatic heterocycles. The van der Waals surface area contributed by atoms with Crippen LogP contribution in [0.4, 0.5) is 0 Å². The minimum absolute atomic E-state index is 0.00321. The highest BCUT2D eigenvalue weighted by Crippen LogP contribution is 2.21. The van der Waals surface area contributed by atoms with Gasteiger partial charge in [0.15, 0.2) is 0 Å². The van der Waals surface area contributed by atoms with E-state index in [-0.39, 0.29) is 22.4 Å². The number of carboxylic acids is 1. The van der Waals surface area contributed by atoms with Crippen molar-refractivity contribution in [1.29, 1.82) is 0 Å². The zero-order valence-corrected chi connectivity index (χ0v) is 15.2. The second kappa shape index (κ2) is 7.97. The molecule has 1 aromatic rings. The number of sulfonamides is 1. The summed E-state index contributed by atoms with van der Waals surface area (Å²) in [6, 6.07) is 4.52. The van der Waals surface area contributed by atoms with E-state index in [2.05, 4.69) is 10.0 Å². The number of rotatable bonds is 7. The van der Waals surface area contributed by atoms with Crippen molar-refractivity contribution < 1.29 is 23.1 Å². The number of carbonyl (C=O) groups excluding carboxylic acids is 1. The van der Waals surface area contributed by atoms with Crippen molar-refractivity contribution in [3.05, 3.63) is 29.8 Å². The zero-order valence-electron chi connectivity index (χ0n) is 14.4. The Bertz CT molecular complexity index is 739. The smallest absolute Gasteiger partial charge is 0.326 e. The fourth-order valence-electron chi connectivity index (χ4n) is 2.87. The number of amides is 1. The molecular weight excluding hydrogens is 344 g/mol. The number of hydrogen-bond donors (Lipinski definition) is 3. The SMILES string of the molecule is CC(C)[C@H](NC(=O)c1cccc(S(=O)(=O)NC2CCCC2)c1)C(=O)O. The molecule has 0 radical (unpaired) electrons. The van der Waals surface area contributed by atoms with Gasteiger partial charge in [0.1, 0.15) is 6.04 Å². The summed E-state index contributed by atoms with van der Waals surface area (Å²) in [6.07, 6.45) is 3.63. The van der Waals surface area contributed by atoms with Crippen LogP contribution in [-0.4, -0.2) is 37.5 Å². The van der Waals surface area contributed by atoms with Gasteiger partial charge in [-0.25, -0.2) is 17.9 Å². The van der Waals surface area contributed by atoms with Gasteiger partial charge in [-0.15, -0.1) is 0 Å². The lowest BCUT2D eigenvalue weighted by molar-refractivity contribution is -0.140. The molecule has 138 valence electrons. The molecule has 7 nitrogen and oxygen atoms in total. The lowest BCUT2D eigenvalue weighted by atomic mass is 10.0. The molecule has 0 saturated heterocycles. The summed E-state index contributed by atoms with van der Waals surface area (Å²) in [4.78, 5) is 23.5. The lowest BCUT2D eigenvalue weighted by Crippen LogP contribution is -2.44. The van der Waals surface area contributed by atoms with E-state index in [9.17, 15) is 18.0 Å². The van der Waals surface area contributed by atoms with Crippen LogP contribution in [0.25, 0.3) is 0 Å². The Kier molecular flexibility index (Phi) is 6.18. The first-order valence-electron chi connectivity index (χ1n) is 8.37. The Labute approximate surface area is 147 Å². The van der Waals surface area contributed by atoms with Gasteiger partial charge in [-0.1, -0.05) is 32.8 Å². The molecule has 1 atom stereocenters. The van der Waals surface area contributed by atoms with Gasteiger partial charge in [-0.3, -0.25) is 4.79 Å². The van der Waals surface area contributed by atoms with Crippen LogP contribution in [0, 0.1) is 5.92 Å². The van der Waals surface area contributed by atoms with Crippen molar-refractivity contribution >= 4 is 21.9 Å². The van der Waals surface area contributed by atoms with E-state index in [0.717, 1.165) is 25.7 Å². The van der Waals surface area contributed by atoms with Crippen molar-refractivity contribution in [2.75, 3.05) is 0 Å². The van der Waals surface area contributed by atoms with Crippen LogP contribution in [0.15, 0.2) is 29.2 Å². The van der Waals surface area contributed by atoms with Gasteiger partial charge in [0.2, 0.25) is 10.0 Å². The molecule has 3 N–H and O–H groups in total. The molecule has 0 bridgehead atoms. The first-order valence-corrected chi connectivity index (χ1v) is 9.85. The number of benzene rings is 1. The molecule has 1 saturated carbocycles. The molecule has 0 spiro atoms. The Morgan fingerprint density at radius 3 is 2.40 bits per heavy atom. The standard InChI is InChI=1S/C17H24N2O5S/c1-11(2)15(17(21)22)18-16(20)12-6-5-9-14(10-12)25(23,24)19-13-7-3-4-8-13/h5-6,9-11,13,15,19H,3-4,7-8H2,1-2H3,(H,18,20)(H,21,22)/t15-/m0/s1. The average molecular weight is 368 g/mol. The van der Waals surface area contributed by atoms with Crippen molar-refractivity contribution in [1.82, 2.24) is 10.0 Å². The Hall–Kier alpha value is -1.93. The number of carbonyl (C=O) groups is 2. The largest absolute Gasteiger partial charge is 0.480 e. The summed E-state index contributed by atoms with van der Waals surface area (Å²) in [5.74, 6) is -2.04. The van der Waals surface area contributed by atoms with Crippen molar-refractivity contribution in [2.24, 2.45) is 5.92 Å². The van der Waals surface area contributed by atoms with Gasteiger partial charge in [0.25, 0.3) is 5.91 Å². The first kappa shape index (κ1) is 19.4. The van der Waals surface area contributed by atoms with E-state index in [0.29, 0.717) is 0 Å². The zero-order chi connectivity index (χ0) is 18.6. The summed E-state index contributed by atoms with van der Waals surface area (Å²) in [5, 5.41) is 11.6. The highest BCUT2D eigenvalue weighted by atomic mass is 32.2. The monoisotopic (exact) mass is 368 g/mol. The Morgan fingerprint density at radius 2 is 1.84 bits per heavy atom. The third kappa shape index (κ3) is 5.02. The van der Waals surface area contributed by atoms with Crippen LogP contribution in [0.5, 0.6) is 0 Å². The molecule has 1 fully saturated rings. The third-order valence-corrected chi connectivity index (χ3v) is 5.82. The third-order valence-electron chi connectivity index (χ3n) is 4.30.